The minimum Gasteiger partial charge on any atom is -0.465 e. The van der Waals surface area contributed by atoms with E-state index in [2.05, 4.69) is 33.5 Å². The van der Waals surface area contributed by atoms with Crippen LogP contribution in [0.2, 0.25) is 0 Å². The summed E-state index contributed by atoms with van der Waals surface area (Å²) >= 11 is 3.44. The number of hydrogen-bond acceptors (Lipinski definition) is 8. The van der Waals surface area contributed by atoms with Gasteiger partial charge in [0.05, 0.1) is 12.5 Å². The SMILES string of the molecule is CCCCCCCOC(=O)C1CCC(CNC(=O)[C@H](Cc2ccc(OC(=O)OCc3ccccc3Br)cc2)NC(=O)C2CCC(CN)CC2)CC1. The molecule has 0 aromatic heterocycles. The lowest BCUT2D eigenvalue weighted by Gasteiger charge is -2.29. The second-order valence-corrected chi connectivity index (χ2v) is 15.0. The molecule has 0 saturated heterocycles. The van der Waals surface area contributed by atoms with Gasteiger partial charge in [-0.3, -0.25) is 14.4 Å². The van der Waals surface area contributed by atoms with Gasteiger partial charge in [0.15, 0.2) is 0 Å². The number of nitrogens with one attached hydrogen (secondary N) is 2. The van der Waals surface area contributed by atoms with E-state index in [4.69, 9.17) is 19.9 Å². The molecule has 2 fully saturated rings. The Labute approximate surface area is 311 Å². The standard InChI is InChI=1S/C40H56BrN3O7/c1-2-3-4-5-8-23-49-39(47)32-19-13-30(14-20-32)26-43-38(46)36(44-37(45)31-17-11-29(25-42)12-18-31)24-28-15-21-34(22-16-28)51-40(48)50-27-33-9-6-7-10-35(33)41/h6-7,9-10,15-16,21-22,29-32,36H,2-5,8,11-14,17-20,23-27,42H2,1H3,(H,43,46)(H,44,45)/t29?,30?,31?,32?,36-/m0/s1. The Balaban J connectivity index is 1.27. The molecular formula is C40H56BrN3O7. The quantitative estimate of drug-likeness (QED) is 0.0809. The van der Waals surface area contributed by atoms with E-state index in [1.165, 1.54) is 19.3 Å². The maximum atomic E-state index is 13.6. The molecule has 2 amide bonds. The van der Waals surface area contributed by atoms with Crippen molar-refractivity contribution in [1.82, 2.24) is 10.6 Å². The summed E-state index contributed by atoms with van der Waals surface area (Å²) in [6.07, 6.45) is 11.6. The summed E-state index contributed by atoms with van der Waals surface area (Å²) in [6, 6.07) is 13.5. The number of halogens is 1. The van der Waals surface area contributed by atoms with Crippen molar-refractivity contribution in [3.8, 4) is 5.75 Å². The van der Waals surface area contributed by atoms with Gasteiger partial charge >= 0.3 is 12.1 Å². The summed E-state index contributed by atoms with van der Waals surface area (Å²) in [5, 5.41) is 6.14. The number of carbonyl (C=O) groups excluding carboxylic acids is 4. The summed E-state index contributed by atoms with van der Waals surface area (Å²) in [6.45, 7) is 3.86. The highest BCUT2D eigenvalue weighted by Crippen LogP contribution is 2.30. The predicted molar refractivity (Wildman–Crippen MR) is 200 cm³/mol. The fraction of sp³-hybridized carbons (Fsp3) is 0.600. The van der Waals surface area contributed by atoms with Gasteiger partial charge in [-0.1, -0.05) is 78.9 Å². The Morgan fingerprint density at radius 1 is 0.824 bits per heavy atom. The molecule has 0 unspecified atom stereocenters. The van der Waals surface area contributed by atoms with Crippen LogP contribution in [0.15, 0.2) is 53.0 Å². The van der Waals surface area contributed by atoms with Gasteiger partial charge in [-0.05, 0) is 99.9 Å². The van der Waals surface area contributed by atoms with E-state index in [0.717, 1.165) is 79.8 Å². The van der Waals surface area contributed by atoms with Gasteiger partial charge in [0.25, 0.3) is 0 Å². The topological polar surface area (TPSA) is 146 Å². The minimum absolute atomic E-state index is 0.0654. The van der Waals surface area contributed by atoms with Gasteiger partial charge in [0.1, 0.15) is 18.4 Å². The second kappa shape index (κ2) is 21.8. The van der Waals surface area contributed by atoms with Crippen molar-refractivity contribution in [1.29, 1.82) is 0 Å². The fourth-order valence-corrected chi connectivity index (χ4v) is 7.33. The van der Waals surface area contributed by atoms with Crippen molar-refractivity contribution < 1.29 is 33.4 Å². The van der Waals surface area contributed by atoms with E-state index < -0.39 is 12.2 Å². The molecule has 51 heavy (non-hydrogen) atoms. The van der Waals surface area contributed by atoms with Crippen molar-refractivity contribution >= 4 is 39.9 Å². The number of esters is 1. The lowest BCUT2D eigenvalue weighted by atomic mass is 9.81. The van der Waals surface area contributed by atoms with Crippen molar-refractivity contribution in [2.75, 3.05) is 19.7 Å². The molecule has 10 nitrogen and oxygen atoms in total. The lowest BCUT2D eigenvalue weighted by Crippen LogP contribution is -2.51. The first-order valence-electron chi connectivity index (χ1n) is 18.9. The monoisotopic (exact) mass is 769 g/mol. The Kier molecular flexibility index (Phi) is 17.3. The Morgan fingerprint density at radius 3 is 2.18 bits per heavy atom. The third-order valence-corrected chi connectivity index (χ3v) is 11.1. The zero-order valence-electron chi connectivity index (χ0n) is 30.0. The van der Waals surface area contributed by atoms with Gasteiger partial charge in [-0.15, -0.1) is 0 Å². The highest BCUT2D eigenvalue weighted by Gasteiger charge is 2.31. The van der Waals surface area contributed by atoms with Crippen molar-refractivity contribution in [2.24, 2.45) is 29.4 Å². The third kappa shape index (κ3) is 13.9. The Bertz CT molecular complexity index is 1390. The van der Waals surface area contributed by atoms with Crippen LogP contribution in [0.1, 0.15) is 102 Å². The summed E-state index contributed by atoms with van der Waals surface area (Å²) in [5.41, 5.74) is 7.48. The van der Waals surface area contributed by atoms with Gasteiger partial charge < -0.3 is 30.6 Å². The smallest absolute Gasteiger partial charge is 0.465 e. The summed E-state index contributed by atoms with van der Waals surface area (Å²) < 4.78 is 17.0. The van der Waals surface area contributed by atoms with Crippen LogP contribution in [-0.4, -0.2) is 49.7 Å². The molecule has 0 spiro atoms. The number of hydrogen-bond donors (Lipinski definition) is 3. The maximum Gasteiger partial charge on any atom is 0.514 e. The zero-order valence-corrected chi connectivity index (χ0v) is 31.6. The van der Waals surface area contributed by atoms with Crippen LogP contribution < -0.4 is 21.1 Å². The first kappa shape index (κ1) is 40.3. The van der Waals surface area contributed by atoms with E-state index in [1.807, 2.05) is 24.3 Å². The highest BCUT2D eigenvalue weighted by atomic mass is 79.9. The molecule has 280 valence electrons. The largest absolute Gasteiger partial charge is 0.514 e. The molecule has 2 saturated carbocycles. The van der Waals surface area contributed by atoms with Crippen molar-refractivity contribution in [3.05, 3.63) is 64.1 Å². The molecule has 11 heteroatoms. The fourth-order valence-electron chi connectivity index (χ4n) is 6.93. The average molecular weight is 771 g/mol. The highest BCUT2D eigenvalue weighted by molar-refractivity contribution is 9.10. The summed E-state index contributed by atoms with van der Waals surface area (Å²) in [4.78, 5) is 51.9. The molecule has 0 heterocycles. The molecular weight excluding hydrogens is 714 g/mol. The van der Waals surface area contributed by atoms with Crippen LogP contribution in [0, 0.1) is 23.7 Å². The van der Waals surface area contributed by atoms with Gasteiger partial charge in [0, 0.05) is 28.9 Å². The first-order chi connectivity index (χ1) is 24.7. The molecule has 4 rings (SSSR count). The maximum absolute atomic E-state index is 13.6. The molecule has 0 aliphatic heterocycles. The van der Waals surface area contributed by atoms with Crippen LogP contribution in [-0.2, 0) is 36.9 Å². The molecule has 2 aromatic carbocycles. The Morgan fingerprint density at radius 2 is 1.49 bits per heavy atom. The number of ether oxygens (including phenoxy) is 3. The molecule has 2 aliphatic rings. The predicted octanol–water partition coefficient (Wildman–Crippen LogP) is 7.39. The van der Waals surface area contributed by atoms with Crippen molar-refractivity contribution in [2.45, 2.75) is 109 Å². The number of unbranched alkanes of at least 4 members (excludes halogenated alkanes) is 4. The third-order valence-electron chi connectivity index (χ3n) is 10.3. The molecule has 0 bridgehead atoms. The lowest BCUT2D eigenvalue weighted by molar-refractivity contribution is -0.150. The Hall–Kier alpha value is -3.44. The van der Waals surface area contributed by atoms with E-state index in [9.17, 15) is 19.2 Å². The molecule has 0 radical (unpaired) electrons. The summed E-state index contributed by atoms with van der Waals surface area (Å²) in [7, 11) is 0. The van der Waals surface area contributed by atoms with Gasteiger partial charge in [-0.2, -0.15) is 0 Å². The normalized spacial score (nSPS) is 20.8. The van der Waals surface area contributed by atoms with Crippen LogP contribution in [0.4, 0.5) is 4.79 Å². The van der Waals surface area contributed by atoms with Crippen LogP contribution in [0.3, 0.4) is 0 Å². The number of carbonyl (C=O) groups is 4. The van der Waals surface area contributed by atoms with Gasteiger partial charge in [0.2, 0.25) is 11.8 Å². The number of benzene rings is 2. The van der Waals surface area contributed by atoms with E-state index in [0.29, 0.717) is 31.4 Å². The van der Waals surface area contributed by atoms with Crippen LogP contribution in [0.5, 0.6) is 5.75 Å². The zero-order chi connectivity index (χ0) is 36.4. The van der Waals surface area contributed by atoms with Gasteiger partial charge in [-0.25, -0.2) is 4.79 Å². The average Bonchev–Trinajstić information content (AvgIpc) is 3.15. The summed E-state index contributed by atoms with van der Waals surface area (Å²) in [5.74, 6) is 0.353. The molecule has 4 N–H and O–H groups in total. The molecule has 2 aliphatic carbocycles. The van der Waals surface area contributed by atoms with E-state index in [-0.39, 0.29) is 48.6 Å². The minimum atomic E-state index is -0.823. The molecule has 1 atom stereocenters. The number of nitrogens with two attached hydrogens (primary N) is 1. The van der Waals surface area contributed by atoms with Crippen LogP contribution in [0.25, 0.3) is 0 Å². The van der Waals surface area contributed by atoms with E-state index in [1.54, 1.807) is 24.3 Å². The number of amides is 2. The van der Waals surface area contributed by atoms with E-state index >= 15 is 0 Å². The molecule has 2 aromatic rings. The van der Waals surface area contributed by atoms with Crippen LogP contribution >= 0.6 is 15.9 Å². The van der Waals surface area contributed by atoms with Crippen molar-refractivity contribution in [3.63, 3.8) is 0 Å². The number of rotatable bonds is 18. The first-order valence-corrected chi connectivity index (χ1v) is 19.7. The second-order valence-electron chi connectivity index (χ2n) is 14.1.